The molecule has 2 rings (SSSR count). The second-order valence-corrected chi connectivity index (χ2v) is 11.0. The van der Waals surface area contributed by atoms with Crippen LogP contribution in [0.25, 0.3) is 0 Å². The minimum Gasteiger partial charge on any atom is -0.355 e. The molecule has 0 saturated heterocycles. The highest BCUT2D eigenvalue weighted by atomic mass is 79.9. The molecule has 0 heterocycles. The summed E-state index contributed by atoms with van der Waals surface area (Å²) in [6.45, 7) is 6.52. The molecular formula is C25H34BrN3O4S. The van der Waals surface area contributed by atoms with E-state index >= 15 is 0 Å². The van der Waals surface area contributed by atoms with Crippen LogP contribution in [0.15, 0.2) is 53.0 Å². The molecule has 0 fully saturated rings. The molecule has 9 heteroatoms. The molecule has 0 aromatic heterocycles. The predicted octanol–water partition coefficient (Wildman–Crippen LogP) is 4.11. The van der Waals surface area contributed by atoms with E-state index in [0.29, 0.717) is 25.2 Å². The monoisotopic (exact) mass is 551 g/mol. The van der Waals surface area contributed by atoms with Crippen LogP contribution in [0.1, 0.15) is 44.7 Å². The molecule has 7 nitrogen and oxygen atoms in total. The van der Waals surface area contributed by atoms with E-state index in [1.54, 1.807) is 24.0 Å². The van der Waals surface area contributed by atoms with Crippen molar-refractivity contribution < 1.29 is 18.0 Å². The van der Waals surface area contributed by atoms with Crippen LogP contribution in [0.5, 0.6) is 0 Å². The van der Waals surface area contributed by atoms with Crippen LogP contribution in [0.4, 0.5) is 5.69 Å². The van der Waals surface area contributed by atoms with Gasteiger partial charge in [0.05, 0.1) is 11.9 Å². The number of halogens is 1. The van der Waals surface area contributed by atoms with E-state index < -0.39 is 16.1 Å². The lowest BCUT2D eigenvalue weighted by Gasteiger charge is -2.29. The van der Waals surface area contributed by atoms with Gasteiger partial charge in [-0.15, -0.1) is 0 Å². The second-order valence-electron chi connectivity index (χ2n) is 8.18. The predicted molar refractivity (Wildman–Crippen MR) is 140 cm³/mol. The van der Waals surface area contributed by atoms with Gasteiger partial charge in [-0.25, -0.2) is 8.42 Å². The Bertz CT molecular complexity index is 1060. The maximum atomic E-state index is 13.2. The largest absolute Gasteiger partial charge is 0.355 e. The molecule has 0 saturated carbocycles. The van der Waals surface area contributed by atoms with Gasteiger partial charge in [0.15, 0.2) is 0 Å². The fourth-order valence-corrected chi connectivity index (χ4v) is 4.82. The Morgan fingerprint density at radius 2 is 1.59 bits per heavy atom. The summed E-state index contributed by atoms with van der Waals surface area (Å²) in [6, 6.07) is 14.3. The van der Waals surface area contributed by atoms with Crippen LogP contribution in [-0.2, 0) is 32.6 Å². The normalized spacial score (nSPS) is 12.1. The van der Waals surface area contributed by atoms with E-state index in [9.17, 15) is 18.0 Å². The number of aryl methyl sites for hydroxylation is 1. The maximum absolute atomic E-state index is 13.2. The summed E-state index contributed by atoms with van der Waals surface area (Å²) in [4.78, 5) is 27.2. The lowest BCUT2D eigenvalue weighted by molar-refractivity contribution is -0.140. The minimum atomic E-state index is -3.51. The first kappa shape index (κ1) is 27.9. The quantitative estimate of drug-likeness (QED) is 0.430. The lowest BCUT2D eigenvalue weighted by atomic mass is 10.1. The Morgan fingerprint density at radius 3 is 2.12 bits per heavy atom. The van der Waals surface area contributed by atoms with E-state index in [1.807, 2.05) is 50.2 Å². The van der Waals surface area contributed by atoms with Gasteiger partial charge < -0.3 is 10.2 Å². The summed E-state index contributed by atoms with van der Waals surface area (Å²) in [6.07, 6.45) is 2.49. The van der Waals surface area contributed by atoms with Gasteiger partial charge in [0.2, 0.25) is 21.8 Å². The summed E-state index contributed by atoms with van der Waals surface area (Å²) in [5.41, 5.74) is 2.60. The molecule has 0 radical (unpaired) electrons. The molecule has 34 heavy (non-hydrogen) atoms. The van der Waals surface area contributed by atoms with Gasteiger partial charge in [-0.1, -0.05) is 47.1 Å². The Balaban J connectivity index is 2.13. The fourth-order valence-electron chi connectivity index (χ4n) is 3.59. The summed E-state index contributed by atoms with van der Waals surface area (Å²) in [5, 5.41) is 2.77. The maximum Gasteiger partial charge on any atom is 0.242 e. The van der Waals surface area contributed by atoms with Crippen LogP contribution in [0.3, 0.4) is 0 Å². The number of benzene rings is 2. The standard InChI is InChI=1S/C25H34BrN3O4S/c1-5-20-11-15-23(16-12-20)29(34(4,32)33)17-7-8-24(30)28(19(3)25(31)27-6-2)18-21-9-13-22(26)14-10-21/h9-16,19H,5-8,17-18H2,1-4H3,(H,27,31). The molecular weight excluding hydrogens is 518 g/mol. The molecule has 0 aliphatic rings. The van der Waals surface area contributed by atoms with Crippen LogP contribution in [0, 0.1) is 0 Å². The molecule has 2 aromatic rings. The van der Waals surface area contributed by atoms with Crippen molar-refractivity contribution in [3.05, 3.63) is 64.1 Å². The number of nitrogens with zero attached hydrogens (tertiary/aromatic N) is 2. The van der Waals surface area contributed by atoms with E-state index in [-0.39, 0.29) is 24.8 Å². The average molecular weight is 553 g/mol. The number of anilines is 1. The number of hydrogen-bond donors (Lipinski definition) is 1. The molecule has 0 aliphatic carbocycles. The first-order valence-corrected chi connectivity index (χ1v) is 14.1. The van der Waals surface area contributed by atoms with Crippen LogP contribution < -0.4 is 9.62 Å². The first-order chi connectivity index (χ1) is 16.1. The summed E-state index contributed by atoms with van der Waals surface area (Å²) in [7, 11) is -3.51. The summed E-state index contributed by atoms with van der Waals surface area (Å²) >= 11 is 3.41. The van der Waals surface area contributed by atoms with Crippen LogP contribution in [0.2, 0.25) is 0 Å². The van der Waals surface area contributed by atoms with Crippen molar-refractivity contribution in [3.8, 4) is 0 Å². The van der Waals surface area contributed by atoms with Gasteiger partial charge in [-0.05, 0) is 62.1 Å². The molecule has 1 unspecified atom stereocenters. The second kappa shape index (κ2) is 12.9. The van der Waals surface area contributed by atoms with E-state index in [4.69, 9.17) is 0 Å². The number of sulfonamides is 1. The Labute approximate surface area is 211 Å². The Morgan fingerprint density at radius 1 is 1.00 bits per heavy atom. The van der Waals surface area contributed by atoms with Crippen LogP contribution >= 0.6 is 15.9 Å². The van der Waals surface area contributed by atoms with Gasteiger partial charge >= 0.3 is 0 Å². The number of rotatable bonds is 12. The highest BCUT2D eigenvalue weighted by Crippen LogP contribution is 2.20. The van der Waals surface area contributed by atoms with Crippen molar-refractivity contribution in [2.24, 2.45) is 0 Å². The minimum absolute atomic E-state index is 0.124. The molecule has 0 spiro atoms. The van der Waals surface area contributed by atoms with E-state index in [2.05, 4.69) is 21.2 Å². The topological polar surface area (TPSA) is 86.8 Å². The summed E-state index contributed by atoms with van der Waals surface area (Å²) < 4.78 is 27.1. The molecule has 2 aromatic carbocycles. The average Bonchev–Trinajstić information content (AvgIpc) is 2.80. The number of hydrogen-bond acceptors (Lipinski definition) is 4. The van der Waals surface area contributed by atoms with Gasteiger partial charge in [0.1, 0.15) is 6.04 Å². The molecule has 2 amide bonds. The zero-order valence-corrected chi connectivity index (χ0v) is 22.7. The Kier molecular flexibility index (Phi) is 10.6. The van der Waals surface area contributed by atoms with Crippen molar-refractivity contribution in [2.75, 3.05) is 23.7 Å². The SMILES string of the molecule is CCNC(=O)C(C)N(Cc1ccc(Br)cc1)C(=O)CCCN(c1ccc(CC)cc1)S(C)(=O)=O. The first-order valence-electron chi connectivity index (χ1n) is 11.4. The molecule has 1 N–H and O–H groups in total. The number of carbonyl (C=O) groups is 2. The fraction of sp³-hybridized carbons (Fsp3) is 0.440. The number of likely N-dealkylation sites (N-methyl/N-ethyl adjacent to an activating group) is 1. The van der Waals surface area contributed by atoms with Gasteiger partial charge in [-0.3, -0.25) is 13.9 Å². The van der Waals surface area contributed by atoms with Gasteiger partial charge in [-0.2, -0.15) is 0 Å². The van der Waals surface area contributed by atoms with Crippen molar-refractivity contribution in [1.82, 2.24) is 10.2 Å². The third-order valence-electron chi connectivity index (χ3n) is 5.57. The van der Waals surface area contributed by atoms with E-state index in [0.717, 1.165) is 22.0 Å². The highest BCUT2D eigenvalue weighted by molar-refractivity contribution is 9.10. The third kappa shape index (κ3) is 8.13. The molecule has 1 atom stereocenters. The van der Waals surface area contributed by atoms with Gasteiger partial charge in [0.25, 0.3) is 0 Å². The number of nitrogens with one attached hydrogen (secondary N) is 1. The van der Waals surface area contributed by atoms with Gasteiger partial charge in [0, 0.05) is 30.5 Å². The molecule has 186 valence electrons. The van der Waals surface area contributed by atoms with Crippen molar-refractivity contribution in [3.63, 3.8) is 0 Å². The van der Waals surface area contributed by atoms with Crippen molar-refractivity contribution in [1.29, 1.82) is 0 Å². The Hall–Kier alpha value is -2.39. The van der Waals surface area contributed by atoms with Crippen molar-refractivity contribution in [2.45, 2.75) is 52.6 Å². The highest BCUT2D eigenvalue weighted by Gasteiger charge is 2.26. The summed E-state index contributed by atoms with van der Waals surface area (Å²) in [5.74, 6) is -0.418. The third-order valence-corrected chi connectivity index (χ3v) is 7.29. The number of amides is 2. The van der Waals surface area contributed by atoms with E-state index in [1.165, 1.54) is 10.6 Å². The molecule has 0 bridgehead atoms. The zero-order valence-electron chi connectivity index (χ0n) is 20.3. The van der Waals surface area contributed by atoms with Crippen LogP contribution in [-0.4, -0.2) is 50.5 Å². The smallest absolute Gasteiger partial charge is 0.242 e. The molecule has 0 aliphatic heterocycles. The number of carbonyl (C=O) groups excluding carboxylic acids is 2. The van der Waals surface area contributed by atoms with Crippen molar-refractivity contribution >= 4 is 43.5 Å². The zero-order chi connectivity index (χ0) is 25.3. The lowest BCUT2D eigenvalue weighted by Crippen LogP contribution is -2.47.